The smallest absolute Gasteiger partial charge is 0.209 e. The minimum absolute atomic E-state index is 0.0753. The normalized spacial score (nSPS) is 33.6. The molecule has 2 heterocycles. The summed E-state index contributed by atoms with van der Waals surface area (Å²) in [6, 6.07) is 5.23. The van der Waals surface area contributed by atoms with E-state index in [9.17, 15) is 5.11 Å². The maximum absolute atomic E-state index is 9.43. The highest BCUT2D eigenvalue weighted by Crippen LogP contribution is 2.49. The maximum atomic E-state index is 9.43. The molecule has 1 aromatic carbocycles. The van der Waals surface area contributed by atoms with Crippen LogP contribution in [0.2, 0.25) is 0 Å². The number of ether oxygens (including phenoxy) is 2. The Morgan fingerprint density at radius 2 is 2.36 bits per heavy atom. The lowest BCUT2D eigenvalue weighted by atomic mass is 9.82. The van der Waals surface area contributed by atoms with Crippen molar-refractivity contribution in [2.24, 2.45) is 0 Å². The van der Waals surface area contributed by atoms with Crippen LogP contribution < -0.4 is 4.74 Å². The van der Waals surface area contributed by atoms with Crippen LogP contribution in [0.4, 0.5) is 0 Å². The van der Waals surface area contributed by atoms with Gasteiger partial charge in [-0.3, -0.25) is 0 Å². The van der Waals surface area contributed by atoms with Gasteiger partial charge in [0, 0.05) is 5.56 Å². The molecule has 0 saturated carbocycles. The second kappa shape index (κ2) is 2.42. The Bertz CT molecular complexity index is 388. The second-order valence-electron chi connectivity index (χ2n) is 4.17. The Morgan fingerprint density at radius 1 is 1.50 bits per heavy atom. The van der Waals surface area contributed by atoms with Crippen LogP contribution in [0.5, 0.6) is 11.5 Å². The minimum Gasteiger partial charge on any atom is -0.508 e. The molecule has 2 aliphatic rings. The van der Waals surface area contributed by atoms with Gasteiger partial charge in [-0.25, -0.2) is 0 Å². The van der Waals surface area contributed by atoms with Gasteiger partial charge >= 0.3 is 0 Å². The van der Waals surface area contributed by atoms with E-state index >= 15 is 0 Å². The van der Waals surface area contributed by atoms with Gasteiger partial charge in [0.05, 0.1) is 12.0 Å². The molecule has 0 radical (unpaired) electrons. The van der Waals surface area contributed by atoms with E-state index < -0.39 is 0 Å². The molecule has 0 bridgehead atoms. The summed E-state index contributed by atoms with van der Waals surface area (Å²) in [5.74, 6) is 1.14. The molecule has 0 spiro atoms. The zero-order valence-electron chi connectivity index (χ0n) is 7.99. The van der Waals surface area contributed by atoms with Crippen LogP contribution in [0.25, 0.3) is 0 Å². The summed E-state index contributed by atoms with van der Waals surface area (Å²) < 4.78 is 11.2. The number of rotatable bonds is 0. The molecular weight excluding hydrogens is 180 g/mol. The Morgan fingerprint density at radius 3 is 3.21 bits per heavy atom. The fourth-order valence-corrected chi connectivity index (χ4v) is 2.29. The van der Waals surface area contributed by atoms with Crippen LogP contribution in [-0.2, 0) is 10.2 Å². The monoisotopic (exact) mass is 192 g/mol. The first kappa shape index (κ1) is 8.12. The predicted octanol–water partition coefficient (Wildman–Crippen LogP) is 1.79. The average Bonchev–Trinajstić information content (AvgIpc) is 2.62. The van der Waals surface area contributed by atoms with Gasteiger partial charge in [-0.15, -0.1) is 0 Å². The van der Waals surface area contributed by atoms with Crippen molar-refractivity contribution in [3.05, 3.63) is 23.8 Å². The van der Waals surface area contributed by atoms with E-state index in [0.29, 0.717) is 5.75 Å². The van der Waals surface area contributed by atoms with Gasteiger partial charge in [0.1, 0.15) is 11.5 Å². The Kier molecular flexibility index (Phi) is 1.40. The van der Waals surface area contributed by atoms with Gasteiger partial charge in [-0.1, -0.05) is 0 Å². The number of fused-ring (bicyclic) bond motifs is 3. The highest BCUT2D eigenvalue weighted by atomic mass is 16.7. The van der Waals surface area contributed by atoms with E-state index in [-0.39, 0.29) is 11.7 Å². The molecule has 3 rings (SSSR count). The minimum atomic E-state index is -0.167. The molecular formula is C11H12O3. The molecule has 0 amide bonds. The molecule has 0 unspecified atom stereocenters. The van der Waals surface area contributed by atoms with Crippen molar-refractivity contribution in [1.82, 2.24) is 0 Å². The van der Waals surface area contributed by atoms with Crippen LogP contribution in [0.3, 0.4) is 0 Å². The summed E-state index contributed by atoms with van der Waals surface area (Å²) in [4.78, 5) is 0. The molecule has 3 heteroatoms. The van der Waals surface area contributed by atoms with Crippen LogP contribution in [-0.4, -0.2) is 18.0 Å². The first-order valence-corrected chi connectivity index (χ1v) is 4.82. The standard InChI is InChI=1S/C11H12O3/c1-11-4-5-13-10(11)14-9-3-2-7(12)6-8(9)11/h2-3,6,10,12H,4-5H2,1H3/t10-,11+/m1/s1. The predicted molar refractivity (Wildman–Crippen MR) is 50.4 cm³/mol. The Labute approximate surface area is 82.3 Å². The van der Waals surface area contributed by atoms with Gasteiger partial charge in [-0.2, -0.15) is 0 Å². The summed E-state index contributed by atoms with van der Waals surface area (Å²) in [6.07, 6.45) is 0.785. The Hall–Kier alpha value is -1.22. The zero-order valence-corrected chi connectivity index (χ0v) is 7.99. The van der Waals surface area contributed by atoms with E-state index in [2.05, 4.69) is 6.92 Å². The molecule has 1 N–H and O–H groups in total. The number of phenols is 1. The number of hydrogen-bond donors (Lipinski definition) is 1. The summed E-state index contributed by atoms with van der Waals surface area (Å²) in [5, 5.41) is 9.43. The summed E-state index contributed by atoms with van der Waals surface area (Å²) in [6.45, 7) is 2.85. The zero-order chi connectivity index (χ0) is 9.76. The number of benzene rings is 1. The van der Waals surface area contributed by atoms with E-state index in [1.165, 1.54) is 0 Å². The van der Waals surface area contributed by atoms with Crippen LogP contribution >= 0.6 is 0 Å². The lowest BCUT2D eigenvalue weighted by Gasteiger charge is -2.19. The van der Waals surface area contributed by atoms with Gasteiger partial charge in [-0.05, 0) is 31.5 Å². The van der Waals surface area contributed by atoms with Crippen molar-refractivity contribution < 1.29 is 14.6 Å². The fraction of sp³-hybridized carbons (Fsp3) is 0.455. The molecule has 14 heavy (non-hydrogen) atoms. The third-order valence-corrected chi connectivity index (χ3v) is 3.22. The van der Waals surface area contributed by atoms with Gasteiger partial charge < -0.3 is 14.6 Å². The molecule has 3 nitrogen and oxygen atoms in total. The van der Waals surface area contributed by atoms with E-state index in [1.807, 2.05) is 0 Å². The number of phenolic OH excluding ortho intramolecular Hbond substituents is 1. The topological polar surface area (TPSA) is 38.7 Å². The molecule has 1 fully saturated rings. The third kappa shape index (κ3) is 0.852. The maximum Gasteiger partial charge on any atom is 0.209 e. The molecule has 74 valence electrons. The van der Waals surface area contributed by atoms with Crippen molar-refractivity contribution in [2.75, 3.05) is 6.61 Å². The number of aromatic hydroxyl groups is 1. The second-order valence-corrected chi connectivity index (χ2v) is 4.17. The SMILES string of the molecule is C[C@@]12CCO[C@@H]1Oc1ccc(O)cc12. The Balaban J connectivity index is 2.17. The van der Waals surface area contributed by atoms with E-state index in [4.69, 9.17) is 9.47 Å². The first-order chi connectivity index (χ1) is 6.70. The highest BCUT2D eigenvalue weighted by Gasteiger charge is 2.49. The van der Waals surface area contributed by atoms with Gasteiger partial charge in [0.25, 0.3) is 0 Å². The van der Waals surface area contributed by atoms with E-state index in [1.54, 1.807) is 18.2 Å². The molecule has 0 aromatic heterocycles. The molecule has 2 aliphatic heterocycles. The first-order valence-electron chi connectivity index (χ1n) is 4.82. The molecule has 2 atom stereocenters. The van der Waals surface area contributed by atoms with Crippen molar-refractivity contribution in [3.63, 3.8) is 0 Å². The van der Waals surface area contributed by atoms with Crippen LogP contribution in [0, 0.1) is 0 Å². The van der Waals surface area contributed by atoms with Gasteiger partial charge in [0.2, 0.25) is 6.29 Å². The lowest BCUT2D eigenvalue weighted by molar-refractivity contribution is -0.0514. The van der Waals surface area contributed by atoms with Crippen molar-refractivity contribution in [2.45, 2.75) is 25.0 Å². The van der Waals surface area contributed by atoms with Gasteiger partial charge in [0.15, 0.2) is 0 Å². The summed E-state index contributed by atoms with van der Waals surface area (Å²) in [5.41, 5.74) is 0.994. The van der Waals surface area contributed by atoms with Crippen molar-refractivity contribution in [3.8, 4) is 11.5 Å². The molecule has 1 aromatic rings. The highest BCUT2D eigenvalue weighted by molar-refractivity contribution is 5.48. The lowest BCUT2D eigenvalue weighted by Crippen LogP contribution is -2.29. The molecule has 0 aliphatic carbocycles. The van der Waals surface area contributed by atoms with Crippen molar-refractivity contribution >= 4 is 0 Å². The summed E-state index contributed by atoms with van der Waals surface area (Å²) in [7, 11) is 0. The fourth-order valence-electron chi connectivity index (χ4n) is 2.29. The average molecular weight is 192 g/mol. The van der Waals surface area contributed by atoms with E-state index in [0.717, 1.165) is 24.3 Å². The quantitative estimate of drug-likeness (QED) is 0.681. The largest absolute Gasteiger partial charge is 0.508 e. The van der Waals surface area contributed by atoms with Crippen molar-refractivity contribution in [1.29, 1.82) is 0 Å². The van der Waals surface area contributed by atoms with Crippen LogP contribution in [0.15, 0.2) is 18.2 Å². The third-order valence-electron chi connectivity index (χ3n) is 3.22. The van der Waals surface area contributed by atoms with Crippen LogP contribution in [0.1, 0.15) is 18.9 Å². The molecule has 1 saturated heterocycles. The summed E-state index contributed by atoms with van der Waals surface area (Å²) >= 11 is 0. The number of hydrogen-bond acceptors (Lipinski definition) is 3.